The number of amides is 1. The van der Waals surface area contributed by atoms with Crippen molar-refractivity contribution in [3.63, 3.8) is 0 Å². The molecule has 7 nitrogen and oxygen atoms in total. The van der Waals surface area contributed by atoms with Crippen LogP contribution in [0.3, 0.4) is 0 Å². The van der Waals surface area contributed by atoms with E-state index in [0.29, 0.717) is 12.0 Å². The van der Waals surface area contributed by atoms with Crippen molar-refractivity contribution < 1.29 is 28.6 Å². The number of allylic oxidation sites excluding steroid dienone is 2. The van der Waals surface area contributed by atoms with Crippen LogP contribution in [0.5, 0.6) is 0 Å². The molecule has 7 heteroatoms. The lowest BCUT2D eigenvalue weighted by Gasteiger charge is -2.30. The van der Waals surface area contributed by atoms with E-state index in [1.54, 1.807) is 39.0 Å². The lowest BCUT2D eigenvalue weighted by Crippen LogP contribution is -2.47. The van der Waals surface area contributed by atoms with Gasteiger partial charge in [-0.1, -0.05) is 45.2 Å². The van der Waals surface area contributed by atoms with Crippen LogP contribution in [0.1, 0.15) is 48.0 Å². The predicted molar refractivity (Wildman–Crippen MR) is 112 cm³/mol. The average Bonchev–Trinajstić information content (AvgIpc) is 2.60. The van der Waals surface area contributed by atoms with E-state index in [1.165, 1.54) is 18.9 Å². The first-order valence-corrected chi connectivity index (χ1v) is 9.59. The Balaban J connectivity index is 5.10. The second-order valence-electron chi connectivity index (χ2n) is 8.10. The second kappa shape index (κ2) is 12.1. The highest BCUT2D eigenvalue weighted by Gasteiger charge is 2.34. The summed E-state index contributed by atoms with van der Waals surface area (Å²) in [5.74, 6) is -1.28. The summed E-state index contributed by atoms with van der Waals surface area (Å²) < 4.78 is 15.7. The molecule has 2 atom stereocenters. The predicted octanol–water partition coefficient (Wildman–Crippen LogP) is 4.04. The molecule has 0 unspecified atom stereocenters. The Labute approximate surface area is 174 Å². The molecule has 0 heterocycles. The van der Waals surface area contributed by atoms with E-state index in [1.807, 2.05) is 13.8 Å². The molecule has 0 rings (SSSR count). The molecular weight excluding hydrogens is 374 g/mol. The summed E-state index contributed by atoms with van der Waals surface area (Å²) in [5, 5.41) is 0. The Morgan fingerprint density at radius 1 is 1.07 bits per heavy atom. The van der Waals surface area contributed by atoms with E-state index >= 15 is 0 Å². The number of ether oxygens (including phenoxy) is 3. The fourth-order valence-electron chi connectivity index (χ4n) is 2.22. The van der Waals surface area contributed by atoms with Gasteiger partial charge in [-0.25, -0.2) is 14.4 Å². The topological polar surface area (TPSA) is 82.1 Å². The Hall–Kier alpha value is -2.57. The van der Waals surface area contributed by atoms with Gasteiger partial charge in [0, 0.05) is 7.05 Å². The molecule has 0 aliphatic carbocycles. The van der Waals surface area contributed by atoms with Gasteiger partial charge in [-0.15, -0.1) is 0 Å². The van der Waals surface area contributed by atoms with Crippen molar-refractivity contribution in [2.24, 2.45) is 5.92 Å². The minimum absolute atomic E-state index is 0.0104. The number of rotatable bonds is 10. The Bertz CT molecular complexity index is 630. The maximum Gasteiger partial charge on any atom is 0.410 e. The van der Waals surface area contributed by atoms with E-state index in [-0.39, 0.29) is 12.5 Å². The fraction of sp³-hybridized carbons (Fsp3) is 0.591. The van der Waals surface area contributed by atoms with Gasteiger partial charge in [0.25, 0.3) is 0 Å². The molecule has 0 N–H and O–H groups in total. The third kappa shape index (κ3) is 10.5. The van der Waals surface area contributed by atoms with E-state index in [0.717, 1.165) is 0 Å². The first-order valence-electron chi connectivity index (χ1n) is 9.59. The normalized spacial score (nSPS) is 13.9. The van der Waals surface area contributed by atoms with Gasteiger partial charge in [0.1, 0.15) is 18.2 Å². The zero-order valence-corrected chi connectivity index (χ0v) is 18.7. The number of hydrogen-bond donors (Lipinski definition) is 0. The van der Waals surface area contributed by atoms with Crippen molar-refractivity contribution in [3.8, 4) is 0 Å². The van der Waals surface area contributed by atoms with Crippen LogP contribution in [0.15, 0.2) is 37.0 Å². The zero-order valence-electron chi connectivity index (χ0n) is 18.7. The minimum atomic E-state index is -1.13. The van der Waals surface area contributed by atoms with Crippen LogP contribution < -0.4 is 0 Å². The van der Waals surface area contributed by atoms with Gasteiger partial charge in [-0.2, -0.15) is 0 Å². The molecule has 0 saturated heterocycles. The summed E-state index contributed by atoms with van der Waals surface area (Å²) in [6, 6.07) is -0.885. The molecule has 1 amide bonds. The van der Waals surface area contributed by atoms with Crippen molar-refractivity contribution in [2.75, 3.05) is 13.7 Å². The van der Waals surface area contributed by atoms with Crippen molar-refractivity contribution in [1.29, 1.82) is 0 Å². The highest BCUT2D eigenvalue weighted by molar-refractivity contribution is 5.84. The van der Waals surface area contributed by atoms with Gasteiger partial charge in [-0.05, 0) is 45.6 Å². The van der Waals surface area contributed by atoms with Crippen LogP contribution in [0, 0.1) is 5.92 Å². The van der Waals surface area contributed by atoms with Crippen LogP contribution >= 0.6 is 0 Å². The Morgan fingerprint density at radius 3 is 2.10 bits per heavy atom. The molecule has 164 valence electrons. The average molecular weight is 410 g/mol. The van der Waals surface area contributed by atoms with Gasteiger partial charge < -0.3 is 14.2 Å². The van der Waals surface area contributed by atoms with Gasteiger partial charge in [0.05, 0.1) is 0 Å². The third-order valence-corrected chi connectivity index (χ3v) is 3.72. The molecule has 0 aliphatic rings. The lowest BCUT2D eigenvalue weighted by molar-refractivity contribution is -0.169. The van der Waals surface area contributed by atoms with Gasteiger partial charge in [-0.3, -0.25) is 4.90 Å². The quantitative estimate of drug-likeness (QED) is 0.308. The monoisotopic (exact) mass is 409 g/mol. The smallest absolute Gasteiger partial charge is 0.410 e. The highest BCUT2D eigenvalue weighted by atomic mass is 16.6. The standard InChI is InChI=1S/C22H35NO6/c1-10-12-17(11-2)14-27-19(24)16(5)28-20(25)18(13-15(3)4)23(9)21(26)29-22(6,7)8/h10-12,15-16,18H,1-2,13-14H2,3-9H3/b17-12+/t16-,18+/m1/s1. The summed E-state index contributed by atoms with van der Waals surface area (Å²) in [6.45, 7) is 17.7. The molecule has 29 heavy (non-hydrogen) atoms. The van der Waals surface area contributed by atoms with Crippen LogP contribution in [0.2, 0.25) is 0 Å². The molecule has 0 fully saturated rings. The summed E-state index contributed by atoms with van der Waals surface area (Å²) in [4.78, 5) is 38.4. The molecule has 0 aromatic rings. The largest absolute Gasteiger partial charge is 0.458 e. The number of carbonyl (C=O) groups excluding carboxylic acids is 3. The van der Waals surface area contributed by atoms with Crippen molar-refractivity contribution in [3.05, 3.63) is 37.0 Å². The molecule has 0 radical (unpaired) electrons. The molecule has 0 spiro atoms. The van der Waals surface area contributed by atoms with Gasteiger partial charge >= 0.3 is 18.0 Å². The zero-order chi connectivity index (χ0) is 22.8. The molecule has 0 aromatic carbocycles. The van der Waals surface area contributed by atoms with E-state index in [4.69, 9.17) is 14.2 Å². The molecule has 0 bridgehead atoms. The number of likely N-dealkylation sites (N-methyl/N-ethyl adjacent to an activating group) is 1. The van der Waals surface area contributed by atoms with Crippen LogP contribution in [0.4, 0.5) is 4.79 Å². The first kappa shape index (κ1) is 26.4. The second-order valence-corrected chi connectivity index (χ2v) is 8.10. The van der Waals surface area contributed by atoms with Crippen LogP contribution in [-0.2, 0) is 23.8 Å². The lowest BCUT2D eigenvalue weighted by atomic mass is 10.0. The minimum Gasteiger partial charge on any atom is -0.458 e. The SMILES string of the molecule is C=C/C=C(\C=C)COC(=O)[C@@H](C)OC(=O)[C@H](CC(C)C)N(C)C(=O)OC(C)(C)C. The maximum absolute atomic E-state index is 12.7. The van der Waals surface area contributed by atoms with Gasteiger partial charge in [0.2, 0.25) is 0 Å². The van der Waals surface area contributed by atoms with Gasteiger partial charge in [0.15, 0.2) is 6.10 Å². The van der Waals surface area contributed by atoms with E-state index < -0.39 is 35.8 Å². The summed E-state index contributed by atoms with van der Waals surface area (Å²) in [5.41, 5.74) is -0.0366. The highest BCUT2D eigenvalue weighted by Crippen LogP contribution is 2.17. The summed E-state index contributed by atoms with van der Waals surface area (Å²) in [6.07, 6.45) is 3.35. The Kier molecular flexibility index (Phi) is 11.0. The van der Waals surface area contributed by atoms with Crippen molar-refractivity contribution >= 4 is 18.0 Å². The van der Waals surface area contributed by atoms with Crippen molar-refractivity contribution in [2.45, 2.75) is 65.7 Å². The number of hydrogen-bond acceptors (Lipinski definition) is 6. The number of nitrogens with zero attached hydrogens (tertiary/aromatic N) is 1. The third-order valence-electron chi connectivity index (χ3n) is 3.72. The number of carbonyl (C=O) groups is 3. The van der Waals surface area contributed by atoms with Crippen molar-refractivity contribution in [1.82, 2.24) is 4.90 Å². The number of esters is 2. The van der Waals surface area contributed by atoms with E-state index in [2.05, 4.69) is 13.2 Å². The Morgan fingerprint density at radius 2 is 1.66 bits per heavy atom. The first-order chi connectivity index (χ1) is 13.3. The van der Waals surface area contributed by atoms with Crippen LogP contribution in [0.25, 0.3) is 0 Å². The molecule has 0 aliphatic heterocycles. The van der Waals surface area contributed by atoms with E-state index in [9.17, 15) is 14.4 Å². The fourth-order valence-corrected chi connectivity index (χ4v) is 2.22. The molecule has 0 saturated carbocycles. The maximum atomic E-state index is 12.7. The molecule has 0 aromatic heterocycles. The summed E-state index contributed by atoms with van der Waals surface area (Å²) >= 11 is 0. The summed E-state index contributed by atoms with van der Waals surface area (Å²) in [7, 11) is 1.47. The molecular formula is C22H35NO6. The van der Waals surface area contributed by atoms with Crippen LogP contribution in [-0.4, -0.2) is 54.3 Å².